The molecule has 1 saturated heterocycles. The number of carbonyl (C=O) groups excluding carboxylic acids is 2. The second-order valence-electron chi connectivity index (χ2n) is 7.08. The fourth-order valence-electron chi connectivity index (χ4n) is 3.30. The first-order valence-electron chi connectivity index (χ1n) is 9.45. The van der Waals surface area contributed by atoms with E-state index < -0.39 is 17.6 Å². The van der Waals surface area contributed by atoms with E-state index in [9.17, 15) is 18.4 Å². The number of amides is 2. The fraction of sp³-hybridized carbons (Fsp3) is 0.333. The lowest BCUT2D eigenvalue weighted by Gasteiger charge is -2.38. The van der Waals surface area contributed by atoms with Crippen molar-refractivity contribution in [1.82, 2.24) is 15.1 Å². The van der Waals surface area contributed by atoms with Gasteiger partial charge in [0.15, 0.2) is 0 Å². The van der Waals surface area contributed by atoms with Gasteiger partial charge in [-0.25, -0.2) is 8.78 Å². The number of hydrogen-bond acceptors (Lipinski definition) is 4. The SMILES string of the molecule is CN1CCN([C@H](CNC(=O)C(=O)Nc2cccc(F)c2)c2ccc(F)cc2)CC1. The highest BCUT2D eigenvalue weighted by atomic mass is 19.1. The lowest BCUT2D eigenvalue weighted by atomic mass is 10.0. The van der Waals surface area contributed by atoms with E-state index in [1.807, 2.05) is 7.05 Å². The average Bonchev–Trinajstić information content (AvgIpc) is 2.70. The van der Waals surface area contributed by atoms with Crippen molar-refractivity contribution in [3.8, 4) is 0 Å². The maximum Gasteiger partial charge on any atom is 0.313 e. The summed E-state index contributed by atoms with van der Waals surface area (Å²) in [5.41, 5.74) is 1.07. The van der Waals surface area contributed by atoms with Gasteiger partial charge in [0.2, 0.25) is 0 Å². The molecule has 29 heavy (non-hydrogen) atoms. The zero-order valence-electron chi connectivity index (χ0n) is 16.2. The van der Waals surface area contributed by atoms with E-state index >= 15 is 0 Å². The molecule has 1 aliphatic rings. The van der Waals surface area contributed by atoms with E-state index in [0.29, 0.717) is 0 Å². The van der Waals surface area contributed by atoms with E-state index in [1.165, 1.54) is 30.3 Å². The van der Waals surface area contributed by atoms with Crippen LogP contribution in [0.2, 0.25) is 0 Å². The summed E-state index contributed by atoms with van der Waals surface area (Å²) in [6.45, 7) is 3.55. The van der Waals surface area contributed by atoms with Gasteiger partial charge in [0.25, 0.3) is 0 Å². The van der Waals surface area contributed by atoms with E-state index in [-0.39, 0.29) is 24.1 Å². The molecule has 0 aliphatic carbocycles. The number of likely N-dealkylation sites (N-methyl/N-ethyl adjacent to an activating group) is 1. The molecule has 0 aromatic heterocycles. The van der Waals surface area contributed by atoms with Gasteiger partial charge in [0.1, 0.15) is 11.6 Å². The molecular weight excluding hydrogens is 378 g/mol. The van der Waals surface area contributed by atoms with Gasteiger partial charge in [0, 0.05) is 38.4 Å². The second kappa shape index (κ2) is 9.58. The van der Waals surface area contributed by atoms with Crippen LogP contribution in [0.3, 0.4) is 0 Å². The summed E-state index contributed by atoms with van der Waals surface area (Å²) in [6, 6.07) is 11.3. The minimum absolute atomic E-state index is 0.185. The van der Waals surface area contributed by atoms with Crippen LogP contribution in [0, 0.1) is 11.6 Å². The molecule has 1 aliphatic heterocycles. The zero-order chi connectivity index (χ0) is 20.8. The van der Waals surface area contributed by atoms with Gasteiger partial charge in [-0.15, -0.1) is 0 Å². The number of benzene rings is 2. The van der Waals surface area contributed by atoms with Crippen molar-refractivity contribution < 1.29 is 18.4 Å². The first-order valence-corrected chi connectivity index (χ1v) is 9.45. The summed E-state index contributed by atoms with van der Waals surface area (Å²) in [7, 11) is 2.04. The van der Waals surface area contributed by atoms with Crippen LogP contribution >= 0.6 is 0 Å². The molecule has 0 saturated carbocycles. The molecule has 0 unspecified atom stereocenters. The minimum Gasteiger partial charge on any atom is -0.346 e. The van der Waals surface area contributed by atoms with Crippen LogP contribution in [0.25, 0.3) is 0 Å². The van der Waals surface area contributed by atoms with Crippen LogP contribution in [0.4, 0.5) is 14.5 Å². The van der Waals surface area contributed by atoms with Crippen LogP contribution < -0.4 is 10.6 Å². The number of anilines is 1. The van der Waals surface area contributed by atoms with Crippen molar-refractivity contribution in [2.75, 3.05) is 45.1 Å². The Balaban J connectivity index is 1.64. The first kappa shape index (κ1) is 20.9. The number of carbonyl (C=O) groups is 2. The molecule has 0 spiro atoms. The van der Waals surface area contributed by atoms with Crippen molar-refractivity contribution in [2.24, 2.45) is 0 Å². The number of nitrogens with one attached hydrogen (secondary N) is 2. The second-order valence-corrected chi connectivity index (χ2v) is 7.08. The summed E-state index contributed by atoms with van der Waals surface area (Å²) in [5, 5.41) is 5.02. The van der Waals surface area contributed by atoms with Crippen molar-refractivity contribution in [3.63, 3.8) is 0 Å². The molecule has 6 nitrogen and oxygen atoms in total. The lowest BCUT2D eigenvalue weighted by molar-refractivity contribution is -0.136. The van der Waals surface area contributed by atoms with Gasteiger partial charge < -0.3 is 15.5 Å². The smallest absolute Gasteiger partial charge is 0.313 e. The highest BCUT2D eigenvalue weighted by Gasteiger charge is 2.25. The molecule has 2 aromatic rings. The molecule has 1 atom stereocenters. The maximum atomic E-state index is 13.3. The van der Waals surface area contributed by atoms with Crippen LogP contribution in [0.1, 0.15) is 11.6 Å². The minimum atomic E-state index is -0.869. The Morgan fingerprint density at radius 2 is 1.66 bits per heavy atom. The fourth-order valence-corrected chi connectivity index (χ4v) is 3.30. The molecule has 0 bridgehead atoms. The third-order valence-electron chi connectivity index (χ3n) is 4.98. The zero-order valence-corrected chi connectivity index (χ0v) is 16.2. The third-order valence-corrected chi connectivity index (χ3v) is 4.98. The van der Waals surface area contributed by atoms with Crippen molar-refractivity contribution >= 4 is 17.5 Å². The molecule has 154 valence electrons. The largest absolute Gasteiger partial charge is 0.346 e. The van der Waals surface area contributed by atoms with Crippen LogP contribution in [0.5, 0.6) is 0 Å². The molecule has 1 fully saturated rings. The number of hydrogen-bond donors (Lipinski definition) is 2. The summed E-state index contributed by atoms with van der Waals surface area (Å²) in [4.78, 5) is 28.8. The van der Waals surface area contributed by atoms with Gasteiger partial charge in [-0.05, 0) is 42.9 Å². The van der Waals surface area contributed by atoms with Crippen molar-refractivity contribution in [2.45, 2.75) is 6.04 Å². The van der Waals surface area contributed by atoms with E-state index in [0.717, 1.165) is 37.8 Å². The lowest BCUT2D eigenvalue weighted by Crippen LogP contribution is -2.49. The summed E-state index contributed by atoms with van der Waals surface area (Å²) in [5.74, 6) is -2.51. The van der Waals surface area contributed by atoms with Crippen molar-refractivity contribution in [3.05, 3.63) is 65.7 Å². The Morgan fingerprint density at radius 3 is 2.31 bits per heavy atom. The molecule has 1 heterocycles. The van der Waals surface area contributed by atoms with Gasteiger partial charge in [0.05, 0.1) is 6.04 Å². The predicted octanol–water partition coefficient (Wildman–Crippen LogP) is 2.01. The number of piperazine rings is 1. The summed E-state index contributed by atoms with van der Waals surface area (Å²) in [6.07, 6.45) is 0. The number of halogens is 2. The Morgan fingerprint density at radius 1 is 0.966 bits per heavy atom. The topological polar surface area (TPSA) is 64.7 Å². The molecule has 2 N–H and O–H groups in total. The molecule has 2 amide bonds. The van der Waals surface area contributed by atoms with E-state index in [4.69, 9.17) is 0 Å². The Labute approximate surface area is 168 Å². The van der Waals surface area contributed by atoms with E-state index in [2.05, 4.69) is 20.4 Å². The van der Waals surface area contributed by atoms with Gasteiger partial charge in [-0.1, -0.05) is 18.2 Å². The maximum absolute atomic E-state index is 13.3. The number of rotatable bonds is 5. The Kier molecular flexibility index (Phi) is 6.90. The standard InChI is InChI=1S/C21H24F2N4O2/c1-26-9-11-27(12-10-26)19(15-5-7-16(22)8-6-15)14-24-20(28)21(29)25-18-4-2-3-17(23)13-18/h2-8,13,19H,9-12,14H2,1H3,(H,24,28)(H,25,29)/t19-/m1/s1. The first-order chi connectivity index (χ1) is 13.9. The van der Waals surface area contributed by atoms with Gasteiger partial charge in [-0.3, -0.25) is 14.5 Å². The van der Waals surface area contributed by atoms with Crippen LogP contribution in [-0.2, 0) is 9.59 Å². The Hall–Kier alpha value is -2.84. The highest BCUT2D eigenvalue weighted by molar-refractivity contribution is 6.39. The summed E-state index contributed by atoms with van der Waals surface area (Å²) >= 11 is 0. The molecular formula is C21H24F2N4O2. The predicted molar refractivity (Wildman–Crippen MR) is 106 cm³/mol. The molecule has 3 rings (SSSR count). The number of nitrogens with zero attached hydrogens (tertiary/aromatic N) is 2. The molecule has 2 aromatic carbocycles. The Bertz CT molecular complexity index is 852. The highest BCUT2D eigenvalue weighted by Crippen LogP contribution is 2.22. The average molecular weight is 402 g/mol. The normalized spacial score (nSPS) is 16.2. The van der Waals surface area contributed by atoms with Crippen LogP contribution in [-0.4, -0.2) is 61.4 Å². The third kappa shape index (κ3) is 5.82. The van der Waals surface area contributed by atoms with Crippen molar-refractivity contribution in [1.29, 1.82) is 0 Å². The monoisotopic (exact) mass is 402 g/mol. The molecule has 0 radical (unpaired) electrons. The van der Waals surface area contributed by atoms with E-state index in [1.54, 1.807) is 12.1 Å². The quantitative estimate of drug-likeness (QED) is 0.751. The van der Waals surface area contributed by atoms with Crippen LogP contribution in [0.15, 0.2) is 48.5 Å². The summed E-state index contributed by atoms with van der Waals surface area (Å²) < 4.78 is 26.6. The van der Waals surface area contributed by atoms with Gasteiger partial charge in [-0.2, -0.15) is 0 Å². The van der Waals surface area contributed by atoms with Gasteiger partial charge >= 0.3 is 11.8 Å². The molecule has 8 heteroatoms.